The van der Waals surface area contributed by atoms with Gasteiger partial charge in [0, 0.05) is 19.1 Å². The van der Waals surface area contributed by atoms with Crippen molar-refractivity contribution in [2.24, 2.45) is 0 Å². The maximum atomic E-state index is 15.1. The molecule has 13 heteroatoms. The maximum Gasteiger partial charge on any atom is 0.261 e. The summed E-state index contributed by atoms with van der Waals surface area (Å²) < 4.78 is 19.9. The van der Waals surface area contributed by atoms with Crippen molar-refractivity contribution in [2.75, 3.05) is 19.3 Å². The average Bonchev–Trinajstić information content (AvgIpc) is 3.68. The van der Waals surface area contributed by atoms with Crippen LogP contribution in [0, 0.1) is 5.82 Å². The summed E-state index contributed by atoms with van der Waals surface area (Å²) in [6, 6.07) is 11.7. The summed E-state index contributed by atoms with van der Waals surface area (Å²) >= 11 is 8.91. The zero-order chi connectivity index (χ0) is 26.2. The van der Waals surface area contributed by atoms with Gasteiger partial charge in [-0.05, 0) is 43.0 Å². The minimum Gasteiger partial charge on any atom is -0.347 e. The van der Waals surface area contributed by atoms with Crippen LogP contribution in [0.4, 0.5) is 4.39 Å². The van der Waals surface area contributed by atoms with Gasteiger partial charge in [0.05, 0.1) is 32.5 Å². The zero-order valence-corrected chi connectivity index (χ0v) is 22.5. The lowest BCUT2D eigenvalue weighted by atomic mass is 10.0. The molecule has 5 heterocycles. The Labute approximate surface area is 230 Å². The summed E-state index contributed by atoms with van der Waals surface area (Å²) in [6.45, 7) is 1.36. The zero-order valence-electron chi connectivity index (χ0n) is 20.1. The lowest BCUT2D eigenvalue weighted by Crippen LogP contribution is -2.49. The number of fused-ring (bicyclic) bond motifs is 1. The number of nitrogens with zero attached hydrogens (tertiary/aromatic N) is 6. The molecular formula is C25H22ClFN8OS2. The summed E-state index contributed by atoms with van der Waals surface area (Å²) in [5.41, 5.74) is 2.45. The standard InChI is InChI=1S/C25H22ClFN8OS2/c1-37-34-11-14(31-25(36)21-6-7-22(26)38-21)8-15(12-34)35-20-9-18(23-29-13-30-33-23)28-10-19(20)32-24(35)16-4-2-3-5-17(16)27/h2-7,9-10,13-15H,8,11-12H2,1H3,(H,31,36)(H,29,30,33). The number of carbonyl (C=O) groups excluding carboxylic acids is 1. The predicted molar refractivity (Wildman–Crippen MR) is 148 cm³/mol. The van der Waals surface area contributed by atoms with Crippen molar-refractivity contribution in [3.05, 3.63) is 70.0 Å². The molecule has 0 bridgehead atoms. The van der Waals surface area contributed by atoms with Gasteiger partial charge in [0.1, 0.15) is 29.2 Å². The number of amides is 1. The molecule has 38 heavy (non-hydrogen) atoms. The molecule has 0 radical (unpaired) electrons. The number of halogens is 2. The number of aromatic amines is 1. The van der Waals surface area contributed by atoms with Crippen LogP contribution in [-0.4, -0.2) is 65.3 Å². The van der Waals surface area contributed by atoms with Gasteiger partial charge in [-0.15, -0.1) is 11.3 Å². The molecule has 1 aromatic carbocycles. The number of pyridine rings is 1. The highest BCUT2D eigenvalue weighted by Gasteiger charge is 2.33. The molecule has 2 unspecified atom stereocenters. The summed E-state index contributed by atoms with van der Waals surface area (Å²) in [6.07, 6.45) is 5.74. The van der Waals surface area contributed by atoms with E-state index in [4.69, 9.17) is 16.6 Å². The smallest absolute Gasteiger partial charge is 0.261 e. The van der Waals surface area contributed by atoms with Crippen molar-refractivity contribution in [3.63, 3.8) is 0 Å². The van der Waals surface area contributed by atoms with Crippen LogP contribution in [-0.2, 0) is 0 Å². The van der Waals surface area contributed by atoms with Gasteiger partial charge < -0.3 is 9.88 Å². The second-order valence-corrected chi connectivity index (χ2v) is 11.5. The highest BCUT2D eigenvalue weighted by Crippen LogP contribution is 2.36. The highest BCUT2D eigenvalue weighted by atomic mass is 35.5. The summed E-state index contributed by atoms with van der Waals surface area (Å²) in [7, 11) is 0. The van der Waals surface area contributed by atoms with Crippen LogP contribution in [0.15, 0.2) is 55.0 Å². The van der Waals surface area contributed by atoms with Crippen LogP contribution in [0.1, 0.15) is 22.1 Å². The Morgan fingerprint density at radius 2 is 2.11 bits per heavy atom. The summed E-state index contributed by atoms with van der Waals surface area (Å²) in [5, 5.41) is 9.95. The lowest BCUT2D eigenvalue weighted by Gasteiger charge is -2.38. The number of benzene rings is 1. The Morgan fingerprint density at radius 1 is 1.24 bits per heavy atom. The van der Waals surface area contributed by atoms with Crippen LogP contribution in [0.2, 0.25) is 4.34 Å². The second kappa shape index (κ2) is 10.4. The van der Waals surface area contributed by atoms with E-state index in [1.54, 1.807) is 48.5 Å². The number of imidazole rings is 1. The van der Waals surface area contributed by atoms with E-state index in [2.05, 4.69) is 34.4 Å². The third-order valence-electron chi connectivity index (χ3n) is 6.50. The van der Waals surface area contributed by atoms with Crippen molar-refractivity contribution in [2.45, 2.75) is 18.5 Å². The molecule has 2 atom stereocenters. The number of H-pyrrole nitrogens is 1. The minimum atomic E-state index is -0.357. The number of hydrogen-bond acceptors (Lipinski definition) is 8. The molecule has 0 saturated carbocycles. The third kappa shape index (κ3) is 4.80. The lowest BCUT2D eigenvalue weighted by molar-refractivity contribution is 0.0917. The normalized spacial score (nSPS) is 18.2. The largest absolute Gasteiger partial charge is 0.347 e. The third-order valence-corrected chi connectivity index (χ3v) is 8.54. The molecule has 6 rings (SSSR count). The van der Waals surface area contributed by atoms with Crippen LogP contribution < -0.4 is 5.32 Å². The van der Waals surface area contributed by atoms with Crippen molar-refractivity contribution in [1.82, 2.24) is 39.3 Å². The number of piperidine rings is 1. The molecule has 0 spiro atoms. The van der Waals surface area contributed by atoms with Crippen molar-refractivity contribution >= 4 is 51.8 Å². The quantitative estimate of drug-likeness (QED) is 0.276. The van der Waals surface area contributed by atoms with Gasteiger partial charge in [0.25, 0.3) is 5.91 Å². The van der Waals surface area contributed by atoms with E-state index in [0.29, 0.717) is 57.1 Å². The van der Waals surface area contributed by atoms with Gasteiger partial charge in [-0.3, -0.25) is 14.9 Å². The number of carbonyl (C=O) groups is 1. The SMILES string of the molecule is CSN1CC(NC(=O)c2ccc(Cl)s2)CC(n2c(-c3ccccc3F)nc3cnc(-c4ncn[nH]4)cc32)C1. The molecule has 4 aromatic heterocycles. The van der Waals surface area contributed by atoms with Gasteiger partial charge in [-0.1, -0.05) is 35.7 Å². The van der Waals surface area contributed by atoms with Gasteiger partial charge in [0.2, 0.25) is 0 Å². The fourth-order valence-electron chi connectivity index (χ4n) is 4.83. The van der Waals surface area contributed by atoms with E-state index in [1.807, 2.05) is 12.3 Å². The van der Waals surface area contributed by atoms with Crippen molar-refractivity contribution < 1.29 is 9.18 Å². The molecule has 0 aliphatic carbocycles. The van der Waals surface area contributed by atoms with Crippen LogP contribution in [0.3, 0.4) is 0 Å². The Bertz CT molecular complexity index is 1600. The Hall–Kier alpha value is -3.32. The monoisotopic (exact) mass is 568 g/mol. The van der Waals surface area contributed by atoms with E-state index in [-0.39, 0.29) is 23.8 Å². The van der Waals surface area contributed by atoms with E-state index in [9.17, 15) is 4.79 Å². The van der Waals surface area contributed by atoms with E-state index in [0.717, 1.165) is 5.52 Å². The van der Waals surface area contributed by atoms with Gasteiger partial charge in [0.15, 0.2) is 5.82 Å². The summed E-state index contributed by atoms with van der Waals surface area (Å²) in [4.78, 5) is 27.1. The van der Waals surface area contributed by atoms with Crippen molar-refractivity contribution in [3.8, 4) is 22.9 Å². The second-order valence-electron chi connectivity index (χ2n) is 8.87. The molecule has 5 aromatic rings. The fraction of sp³-hybridized carbons (Fsp3) is 0.240. The van der Waals surface area contributed by atoms with Gasteiger partial charge >= 0.3 is 0 Å². The number of hydrogen-bond donors (Lipinski definition) is 2. The van der Waals surface area contributed by atoms with Crippen molar-refractivity contribution in [1.29, 1.82) is 0 Å². The average molecular weight is 569 g/mol. The molecule has 194 valence electrons. The van der Waals surface area contributed by atoms with Gasteiger partial charge in [-0.2, -0.15) is 5.10 Å². The minimum absolute atomic E-state index is 0.113. The maximum absolute atomic E-state index is 15.1. The molecular weight excluding hydrogens is 547 g/mol. The Morgan fingerprint density at radius 3 is 2.84 bits per heavy atom. The van der Waals surface area contributed by atoms with Crippen LogP contribution in [0.25, 0.3) is 33.9 Å². The molecule has 1 saturated heterocycles. The topological polar surface area (TPSA) is 105 Å². The van der Waals surface area contributed by atoms with E-state index < -0.39 is 0 Å². The van der Waals surface area contributed by atoms with E-state index in [1.165, 1.54) is 23.7 Å². The predicted octanol–water partition coefficient (Wildman–Crippen LogP) is 5.06. The first kappa shape index (κ1) is 25.0. The highest BCUT2D eigenvalue weighted by molar-refractivity contribution is 7.96. The first-order valence-corrected chi connectivity index (χ1v) is 14.2. The first-order valence-electron chi connectivity index (χ1n) is 11.8. The molecule has 1 aliphatic rings. The van der Waals surface area contributed by atoms with Crippen LogP contribution >= 0.6 is 34.9 Å². The van der Waals surface area contributed by atoms with E-state index >= 15 is 4.39 Å². The summed E-state index contributed by atoms with van der Waals surface area (Å²) in [5.74, 6) is 0.526. The fourth-order valence-corrected chi connectivity index (χ4v) is 6.42. The Balaban J connectivity index is 1.43. The molecule has 1 aliphatic heterocycles. The Kier molecular flexibility index (Phi) is 6.87. The number of rotatable bonds is 6. The molecule has 9 nitrogen and oxygen atoms in total. The molecule has 1 fully saturated rings. The van der Waals surface area contributed by atoms with Crippen LogP contribution in [0.5, 0.6) is 0 Å². The number of thiophene rings is 1. The molecule has 1 amide bonds. The van der Waals surface area contributed by atoms with Gasteiger partial charge in [-0.25, -0.2) is 18.7 Å². The number of aromatic nitrogens is 6. The first-order chi connectivity index (χ1) is 18.5. The molecule has 2 N–H and O–H groups in total. The number of nitrogens with one attached hydrogen (secondary N) is 2.